The number of hydrogen-bond donors (Lipinski definition) is 0. The number of hydrogen-bond acceptors (Lipinski definition) is 5. The Morgan fingerprint density at radius 3 is 2.55 bits per heavy atom. The van der Waals surface area contributed by atoms with Crippen molar-refractivity contribution in [3.05, 3.63) is 23.5 Å². The monoisotopic (exact) mass is 403 g/mol. The molecule has 162 valence electrons. The zero-order valence-corrected chi connectivity index (χ0v) is 18.9. The van der Waals surface area contributed by atoms with Gasteiger partial charge < -0.3 is 18.9 Å². The Labute approximate surface area is 176 Å². The van der Waals surface area contributed by atoms with Gasteiger partial charge >= 0.3 is 0 Å². The van der Waals surface area contributed by atoms with Gasteiger partial charge in [-0.2, -0.15) is 0 Å². The van der Waals surface area contributed by atoms with Crippen molar-refractivity contribution in [3.8, 4) is 17.6 Å². The van der Waals surface area contributed by atoms with Crippen molar-refractivity contribution < 1.29 is 18.9 Å². The van der Waals surface area contributed by atoms with Gasteiger partial charge in [-0.05, 0) is 65.5 Å². The molecule has 0 atom stereocenters. The van der Waals surface area contributed by atoms with Crippen molar-refractivity contribution in [3.63, 3.8) is 0 Å². The zero-order valence-electron chi connectivity index (χ0n) is 18.9. The van der Waals surface area contributed by atoms with Crippen molar-refractivity contribution in [2.45, 2.75) is 91.1 Å². The van der Waals surface area contributed by atoms with Gasteiger partial charge in [-0.15, -0.1) is 0 Å². The molecule has 2 rings (SSSR count). The maximum absolute atomic E-state index is 6.06. The second-order valence-electron chi connectivity index (χ2n) is 8.84. The van der Waals surface area contributed by atoms with E-state index in [1.165, 1.54) is 0 Å². The minimum Gasteiger partial charge on any atom is -0.488 e. The summed E-state index contributed by atoms with van der Waals surface area (Å²) in [6, 6.07) is 1.98. The van der Waals surface area contributed by atoms with Crippen LogP contribution < -0.4 is 4.74 Å². The van der Waals surface area contributed by atoms with Crippen LogP contribution in [0.1, 0.15) is 71.6 Å². The number of rotatable bonds is 10. The van der Waals surface area contributed by atoms with Crippen LogP contribution >= 0.6 is 0 Å². The Bertz CT molecular complexity index is 678. The van der Waals surface area contributed by atoms with E-state index in [-0.39, 0.29) is 17.8 Å². The van der Waals surface area contributed by atoms with Crippen LogP contribution in [-0.2, 0) is 14.2 Å². The van der Waals surface area contributed by atoms with E-state index in [2.05, 4.69) is 37.6 Å². The van der Waals surface area contributed by atoms with Crippen LogP contribution in [0.3, 0.4) is 0 Å². The first kappa shape index (κ1) is 23.7. The molecule has 0 aromatic carbocycles. The molecule has 5 nitrogen and oxygen atoms in total. The lowest BCUT2D eigenvalue weighted by Gasteiger charge is -2.39. The molecule has 0 radical (unpaired) electrons. The lowest BCUT2D eigenvalue weighted by Crippen LogP contribution is -2.43. The summed E-state index contributed by atoms with van der Waals surface area (Å²) in [5.74, 6) is 7.06. The fourth-order valence-electron chi connectivity index (χ4n) is 2.98. The highest BCUT2D eigenvalue weighted by molar-refractivity contribution is 5.38. The topological polar surface area (TPSA) is 49.8 Å². The summed E-state index contributed by atoms with van der Waals surface area (Å²) in [5, 5.41) is 0. The molecule has 0 N–H and O–H groups in total. The van der Waals surface area contributed by atoms with Gasteiger partial charge in [0.05, 0.1) is 30.6 Å². The molecule has 1 fully saturated rings. The zero-order chi connectivity index (χ0) is 21.3. The van der Waals surface area contributed by atoms with Gasteiger partial charge in [0.1, 0.15) is 17.5 Å². The Kier molecular flexibility index (Phi) is 9.42. The van der Waals surface area contributed by atoms with E-state index in [1.807, 2.05) is 26.8 Å². The fourth-order valence-corrected chi connectivity index (χ4v) is 2.98. The Hall–Kier alpha value is -1.61. The molecule has 1 aromatic heterocycles. The highest BCUT2D eigenvalue weighted by atomic mass is 16.5. The lowest BCUT2D eigenvalue weighted by molar-refractivity contribution is -0.126. The number of aromatic nitrogens is 1. The highest BCUT2D eigenvalue weighted by Crippen LogP contribution is 2.32. The largest absolute Gasteiger partial charge is 0.488 e. The summed E-state index contributed by atoms with van der Waals surface area (Å²) < 4.78 is 23.1. The van der Waals surface area contributed by atoms with Crippen LogP contribution in [0.2, 0.25) is 0 Å². The summed E-state index contributed by atoms with van der Waals surface area (Å²) in [5.41, 5.74) is 1.73. The van der Waals surface area contributed by atoms with Crippen LogP contribution in [0.5, 0.6) is 5.75 Å². The molecule has 0 amide bonds. The molecule has 5 heteroatoms. The second-order valence-corrected chi connectivity index (χ2v) is 8.84. The van der Waals surface area contributed by atoms with E-state index < -0.39 is 0 Å². The quantitative estimate of drug-likeness (QED) is 0.419. The van der Waals surface area contributed by atoms with Crippen molar-refractivity contribution in [2.24, 2.45) is 0 Å². The third-order valence-corrected chi connectivity index (χ3v) is 4.40. The molecule has 0 saturated heterocycles. The van der Waals surface area contributed by atoms with Crippen molar-refractivity contribution in [2.75, 3.05) is 19.8 Å². The fraction of sp³-hybridized carbons (Fsp3) is 0.708. The molecular formula is C24H37NO4. The normalized spacial score (nSPS) is 18.9. The summed E-state index contributed by atoms with van der Waals surface area (Å²) in [6.07, 6.45) is 6.04. The molecule has 0 unspecified atom stereocenters. The van der Waals surface area contributed by atoms with Crippen LogP contribution in [0.25, 0.3) is 0 Å². The molecule has 1 aliphatic carbocycles. The van der Waals surface area contributed by atoms with E-state index >= 15 is 0 Å². The van der Waals surface area contributed by atoms with Crippen LogP contribution in [0.4, 0.5) is 0 Å². The molecule has 0 spiro atoms. The third kappa shape index (κ3) is 9.62. The summed E-state index contributed by atoms with van der Waals surface area (Å²) >= 11 is 0. The molecule has 1 aromatic rings. The molecule has 1 heterocycles. The molecule has 0 aliphatic heterocycles. The van der Waals surface area contributed by atoms with Crippen LogP contribution in [0.15, 0.2) is 12.3 Å². The first-order chi connectivity index (χ1) is 13.7. The van der Waals surface area contributed by atoms with Crippen molar-refractivity contribution in [1.82, 2.24) is 4.98 Å². The van der Waals surface area contributed by atoms with Crippen molar-refractivity contribution >= 4 is 0 Å². The summed E-state index contributed by atoms with van der Waals surface area (Å²) in [7, 11) is 0. The second kappa shape index (κ2) is 11.5. The van der Waals surface area contributed by atoms with Gasteiger partial charge in [-0.25, -0.2) is 4.98 Å². The average molecular weight is 404 g/mol. The minimum absolute atomic E-state index is 0.0966. The molecule has 0 bridgehead atoms. The van der Waals surface area contributed by atoms with Gasteiger partial charge in [0.15, 0.2) is 0 Å². The standard InChI is InChI=1S/C24H37NO4/c1-18(2)27-13-9-12-26-11-8-7-10-20-14-19(3)23(17-25-20)28-21-15-22(16-21)29-24(4,5)6/h14,17-18,21-22H,8-9,11-13,15-16H2,1-6H3. The SMILES string of the molecule is Cc1cc(C#CCCOCCCOC(C)C)ncc1OC1CC(OC(C)(C)C)C1. The van der Waals surface area contributed by atoms with Crippen LogP contribution in [-0.4, -0.2) is 48.7 Å². The Morgan fingerprint density at radius 1 is 1.14 bits per heavy atom. The average Bonchev–Trinajstić information content (AvgIpc) is 2.59. The van der Waals surface area contributed by atoms with E-state index in [4.69, 9.17) is 18.9 Å². The Balaban J connectivity index is 1.65. The number of pyridine rings is 1. The van der Waals surface area contributed by atoms with Gasteiger partial charge in [-0.3, -0.25) is 0 Å². The van der Waals surface area contributed by atoms with E-state index in [9.17, 15) is 0 Å². The summed E-state index contributed by atoms with van der Waals surface area (Å²) in [6.45, 7) is 14.5. The maximum atomic E-state index is 6.06. The number of ether oxygens (including phenoxy) is 4. The minimum atomic E-state index is -0.0966. The van der Waals surface area contributed by atoms with Gasteiger partial charge in [0, 0.05) is 32.5 Å². The van der Waals surface area contributed by atoms with E-state index in [1.54, 1.807) is 6.20 Å². The third-order valence-electron chi connectivity index (χ3n) is 4.40. The van der Waals surface area contributed by atoms with Gasteiger partial charge in [-0.1, -0.05) is 5.92 Å². The summed E-state index contributed by atoms with van der Waals surface area (Å²) in [4.78, 5) is 4.42. The lowest BCUT2D eigenvalue weighted by atomic mass is 9.91. The molecule has 29 heavy (non-hydrogen) atoms. The molecular weight excluding hydrogens is 366 g/mol. The smallest absolute Gasteiger partial charge is 0.141 e. The predicted octanol–water partition coefficient (Wildman–Crippen LogP) is 4.69. The van der Waals surface area contributed by atoms with Gasteiger partial charge in [0.2, 0.25) is 0 Å². The first-order valence-electron chi connectivity index (χ1n) is 10.7. The molecule has 1 saturated carbocycles. The van der Waals surface area contributed by atoms with Gasteiger partial charge in [0.25, 0.3) is 0 Å². The Morgan fingerprint density at radius 2 is 1.90 bits per heavy atom. The van der Waals surface area contributed by atoms with Crippen LogP contribution in [0, 0.1) is 18.8 Å². The highest BCUT2D eigenvalue weighted by Gasteiger charge is 2.34. The maximum Gasteiger partial charge on any atom is 0.141 e. The van der Waals surface area contributed by atoms with E-state index in [0.717, 1.165) is 42.9 Å². The number of nitrogens with zero attached hydrogens (tertiary/aromatic N) is 1. The molecule has 1 aliphatic rings. The number of aryl methyl sites for hydroxylation is 1. The first-order valence-corrected chi connectivity index (χ1v) is 10.7. The predicted molar refractivity (Wildman–Crippen MR) is 115 cm³/mol. The van der Waals surface area contributed by atoms with E-state index in [0.29, 0.717) is 25.7 Å². The van der Waals surface area contributed by atoms with Crippen molar-refractivity contribution in [1.29, 1.82) is 0 Å².